The third-order valence-electron chi connectivity index (χ3n) is 8.81. The van der Waals surface area contributed by atoms with Crippen molar-refractivity contribution in [1.29, 1.82) is 0 Å². The normalized spacial score (nSPS) is 10.7. The summed E-state index contributed by atoms with van der Waals surface area (Å²) in [4.78, 5) is 29.1. The van der Waals surface area contributed by atoms with Gasteiger partial charge in [0.1, 0.15) is 17.2 Å². The van der Waals surface area contributed by atoms with E-state index in [9.17, 15) is 9.59 Å². The molecule has 0 spiro atoms. The van der Waals surface area contributed by atoms with Crippen molar-refractivity contribution in [3.8, 4) is 17.2 Å². The van der Waals surface area contributed by atoms with E-state index in [1.165, 1.54) is 6.20 Å². The van der Waals surface area contributed by atoms with Crippen molar-refractivity contribution in [2.24, 2.45) is 5.73 Å². The molecule has 3 N–H and O–H groups in total. The van der Waals surface area contributed by atoms with Gasteiger partial charge in [-0.25, -0.2) is 0 Å². The molecule has 52 heavy (non-hydrogen) atoms. The Morgan fingerprint density at radius 1 is 0.712 bits per heavy atom. The van der Waals surface area contributed by atoms with Gasteiger partial charge in [-0.3, -0.25) is 14.6 Å². The van der Waals surface area contributed by atoms with Crippen molar-refractivity contribution >= 4 is 33.4 Å². The highest BCUT2D eigenvalue weighted by Gasteiger charge is 2.18. The Bertz CT molecular complexity index is 2350. The highest BCUT2D eigenvalue weighted by Crippen LogP contribution is 2.29. The summed E-state index contributed by atoms with van der Waals surface area (Å²) in [6, 6.07) is 41.1. The Morgan fingerprint density at radius 3 is 1.88 bits per heavy atom. The maximum absolute atomic E-state index is 14.2. The number of nitrogens with one attached hydrogen (secondary N) is 1. The average Bonchev–Trinajstić information content (AvgIpc) is 3.20. The van der Waals surface area contributed by atoms with E-state index in [0.717, 1.165) is 67.0 Å². The first-order chi connectivity index (χ1) is 25.4. The van der Waals surface area contributed by atoms with Gasteiger partial charge in [-0.2, -0.15) is 0 Å². The van der Waals surface area contributed by atoms with Crippen molar-refractivity contribution < 1.29 is 19.0 Å². The molecule has 0 radical (unpaired) electrons. The molecule has 0 aliphatic heterocycles. The number of para-hydroxylation sites is 2. The molecular weight excluding hydrogens is 652 g/mol. The minimum atomic E-state index is -0.446. The number of amides is 1. The summed E-state index contributed by atoms with van der Waals surface area (Å²) in [6.45, 7) is 1.03. The molecule has 1 amide bonds. The van der Waals surface area contributed by atoms with Crippen LogP contribution in [0, 0.1) is 0 Å². The summed E-state index contributed by atoms with van der Waals surface area (Å²) in [5.41, 5.74) is 12.0. The molecular formula is C43H40N4O5. The summed E-state index contributed by atoms with van der Waals surface area (Å²) in [6.07, 6.45) is 1.98. The standard InChI is InChI=1S/C33H32N2O4.C10H8N2O/c1-37-26-14-8-23(9-15-26)20-30-32(34-21-24-10-16-27(38-2)17-11-24)29-6-4-5-7-31(29)35(33(30)36)22-25-12-18-28(39-3)19-13-25;11-10(13)8-5-7-3-1-2-4-9(7)12-6-8/h4-19,34H,20-22H2,1-3H3;1-6H,(H2,11,13). The first kappa shape index (κ1) is 35.2. The highest BCUT2D eigenvalue weighted by molar-refractivity contribution is 5.96. The van der Waals surface area contributed by atoms with Gasteiger partial charge in [0.15, 0.2) is 0 Å². The topological polar surface area (TPSA) is 118 Å². The van der Waals surface area contributed by atoms with Gasteiger partial charge in [0.05, 0.1) is 50.2 Å². The van der Waals surface area contributed by atoms with Crippen molar-refractivity contribution in [3.63, 3.8) is 0 Å². The lowest BCUT2D eigenvalue weighted by molar-refractivity contribution is 0.1000. The first-order valence-corrected chi connectivity index (χ1v) is 16.8. The van der Waals surface area contributed by atoms with Crippen molar-refractivity contribution in [1.82, 2.24) is 9.55 Å². The van der Waals surface area contributed by atoms with Crippen LogP contribution in [0.2, 0.25) is 0 Å². The van der Waals surface area contributed by atoms with E-state index in [1.807, 2.05) is 120 Å². The number of pyridine rings is 2. The van der Waals surface area contributed by atoms with Crippen LogP contribution in [0.3, 0.4) is 0 Å². The lowest BCUT2D eigenvalue weighted by Gasteiger charge is -2.20. The second kappa shape index (κ2) is 16.4. The zero-order valence-corrected chi connectivity index (χ0v) is 29.3. The lowest BCUT2D eigenvalue weighted by Crippen LogP contribution is -2.27. The third-order valence-corrected chi connectivity index (χ3v) is 8.81. The molecule has 9 nitrogen and oxygen atoms in total. The molecule has 5 aromatic carbocycles. The van der Waals surface area contributed by atoms with Gasteiger partial charge in [-0.1, -0.05) is 72.8 Å². The van der Waals surface area contributed by atoms with Gasteiger partial charge in [0, 0.05) is 35.5 Å². The molecule has 0 aliphatic rings. The van der Waals surface area contributed by atoms with E-state index in [4.69, 9.17) is 19.9 Å². The number of benzene rings is 5. The summed E-state index contributed by atoms with van der Waals surface area (Å²) in [7, 11) is 4.96. The van der Waals surface area contributed by atoms with E-state index in [2.05, 4.69) is 16.4 Å². The fourth-order valence-electron chi connectivity index (χ4n) is 5.99. The number of nitrogens with zero attached hydrogens (tertiary/aromatic N) is 2. The molecule has 0 unspecified atom stereocenters. The number of fused-ring (bicyclic) bond motifs is 2. The van der Waals surface area contributed by atoms with E-state index >= 15 is 0 Å². The first-order valence-electron chi connectivity index (χ1n) is 16.8. The Labute approximate surface area is 302 Å². The second-order valence-electron chi connectivity index (χ2n) is 12.1. The molecule has 7 rings (SSSR count). The smallest absolute Gasteiger partial charge is 0.256 e. The molecule has 0 atom stereocenters. The van der Waals surface area contributed by atoms with E-state index < -0.39 is 5.91 Å². The zero-order valence-electron chi connectivity index (χ0n) is 29.3. The largest absolute Gasteiger partial charge is 0.497 e. The monoisotopic (exact) mass is 692 g/mol. The van der Waals surface area contributed by atoms with Gasteiger partial charge in [0.25, 0.3) is 5.56 Å². The predicted molar refractivity (Wildman–Crippen MR) is 207 cm³/mol. The summed E-state index contributed by atoms with van der Waals surface area (Å²) in [5, 5.41) is 5.54. The molecule has 0 bridgehead atoms. The molecule has 0 fully saturated rings. The summed E-state index contributed by atoms with van der Waals surface area (Å²) in [5.74, 6) is 1.94. The molecule has 9 heteroatoms. The summed E-state index contributed by atoms with van der Waals surface area (Å²) < 4.78 is 17.8. The van der Waals surface area contributed by atoms with E-state index in [0.29, 0.717) is 25.1 Å². The van der Waals surface area contributed by atoms with Gasteiger partial charge >= 0.3 is 0 Å². The number of carbonyl (C=O) groups excluding carboxylic acids is 1. The number of methoxy groups -OCH3 is 3. The van der Waals surface area contributed by atoms with E-state index in [1.54, 1.807) is 27.4 Å². The number of aromatic nitrogens is 2. The highest BCUT2D eigenvalue weighted by atomic mass is 16.5. The number of hydrogen-bond acceptors (Lipinski definition) is 7. The minimum Gasteiger partial charge on any atom is -0.497 e. The number of primary amides is 1. The van der Waals surface area contributed by atoms with Gasteiger partial charge < -0.3 is 29.8 Å². The van der Waals surface area contributed by atoms with E-state index in [-0.39, 0.29) is 5.56 Å². The van der Waals surface area contributed by atoms with Crippen LogP contribution in [-0.2, 0) is 19.5 Å². The predicted octanol–water partition coefficient (Wildman–Crippen LogP) is 7.61. The molecule has 262 valence electrons. The van der Waals surface area contributed by atoms with Crippen LogP contribution in [0.4, 0.5) is 5.69 Å². The number of carbonyl (C=O) groups is 1. The maximum Gasteiger partial charge on any atom is 0.256 e. The van der Waals surface area contributed by atoms with Gasteiger partial charge in [-0.15, -0.1) is 0 Å². The molecule has 2 aromatic heterocycles. The van der Waals surface area contributed by atoms with Crippen molar-refractivity contribution in [2.75, 3.05) is 26.6 Å². The Balaban J connectivity index is 0.000000299. The van der Waals surface area contributed by atoms with Gasteiger partial charge in [0.2, 0.25) is 5.91 Å². The number of nitrogens with two attached hydrogens (primary N) is 1. The van der Waals surface area contributed by atoms with Crippen LogP contribution in [0.1, 0.15) is 32.6 Å². The number of rotatable bonds is 11. The minimum absolute atomic E-state index is 0.0161. The Kier molecular flexibility index (Phi) is 11.1. The molecule has 0 aliphatic carbocycles. The van der Waals surface area contributed by atoms with Crippen LogP contribution in [-0.4, -0.2) is 36.8 Å². The van der Waals surface area contributed by atoms with Crippen LogP contribution < -0.4 is 30.8 Å². The fourth-order valence-corrected chi connectivity index (χ4v) is 5.99. The number of hydrogen-bond donors (Lipinski definition) is 2. The zero-order chi connectivity index (χ0) is 36.5. The molecule has 2 heterocycles. The Morgan fingerprint density at radius 2 is 1.27 bits per heavy atom. The van der Waals surface area contributed by atoms with Crippen molar-refractivity contribution in [2.45, 2.75) is 19.5 Å². The molecule has 0 saturated heterocycles. The quantitative estimate of drug-likeness (QED) is 0.143. The van der Waals surface area contributed by atoms with Crippen LogP contribution in [0.15, 0.2) is 138 Å². The molecule has 7 aromatic rings. The maximum atomic E-state index is 14.2. The van der Waals surface area contributed by atoms with Crippen LogP contribution >= 0.6 is 0 Å². The number of anilines is 1. The second-order valence-corrected chi connectivity index (χ2v) is 12.1. The van der Waals surface area contributed by atoms with Crippen LogP contribution in [0.25, 0.3) is 21.8 Å². The SMILES string of the molecule is COc1ccc(CNc2c(Cc3ccc(OC)cc3)c(=O)n(Cc3ccc(OC)cc3)c3ccccc23)cc1.NC(=O)c1cnc2ccccc2c1. The molecule has 0 saturated carbocycles. The number of ether oxygens (including phenoxy) is 3. The van der Waals surface area contributed by atoms with Gasteiger partial charge in [-0.05, 0) is 71.3 Å². The average molecular weight is 693 g/mol. The Hall–Kier alpha value is -6.61. The van der Waals surface area contributed by atoms with Crippen molar-refractivity contribution in [3.05, 3.63) is 172 Å². The van der Waals surface area contributed by atoms with Crippen LogP contribution in [0.5, 0.6) is 17.2 Å². The third kappa shape index (κ3) is 8.22. The lowest BCUT2D eigenvalue weighted by atomic mass is 10.0. The fraction of sp³-hybridized carbons (Fsp3) is 0.140. The summed E-state index contributed by atoms with van der Waals surface area (Å²) >= 11 is 0.